The summed E-state index contributed by atoms with van der Waals surface area (Å²) in [6, 6.07) is 0. The summed E-state index contributed by atoms with van der Waals surface area (Å²) in [4.78, 5) is 4.29. The summed E-state index contributed by atoms with van der Waals surface area (Å²) in [6.45, 7) is 3.68. The van der Waals surface area contributed by atoms with Crippen molar-refractivity contribution in [1.29, 1.82) is 0 Å². The van der Waals surface area contributed by atoms with Crippen LogP contribution < -0.4 is 0 Å². The van der Waals surface area contributed by atoms with Gasteiger partial charge in [0.25, 0.3) is 0 Å². The Morgan fingerprint density at radius 3 is 2.80 bits per heavy atom. The smallest absolute Gasteiger partial charge is 0.0899 e. The molecule has 0 spiro atoms. The second kappa shape index (κ2) is 3.17. The molecule has 0 saturated heterocycles. The van der Waals surface area contributed by atoms with E-state index in [0.29, 0.717) is 0 Å². The van der Waals surface area contributed by atoms with Gasteiger partial charge in [-0.3, -0.25) is 0 Å². The molecule has 0 amide bonds. The van der Waals surface area contributed by atoms with Crippen LogP contribution in [-0.4, -0.2) is 30.1 Å². The highest BCUT2D eigenvalue weighted by atomic mass is 15.3. The van der Waals surface area contributed by atoms with Crippen molar-refractivity contribution < 1.29 is 0 Å². The highest BCUT2D eigenvalue weighted by Gasteiger charge is 2.04. The van der Waals surface area contributed by atoms with Crippen LogP contribution in [0.1, 0.15) is 6.92 Å². The van der Waals surface area contributed by atoms with E-state index in [0.717, 1.165) is 13.2 Å². The number of hydrogen-bond acceptors (Lipinski definition) is 2. The van der Waals surface area contributed by atoms with Crippen LogP contribution in [0.15, 0.2) is 12.4 Å². The quantitative estimate of drug-likeness (QED) is 0.489. The molecule has 0 atom stereocenters. The van der Waals surface area contributed by atoms with Crippen LogP contribution in [0, 0.1) is 11.8 Å². The minimum atomic E-state index is 0.845. The van der Waals surface area contributed by atoms with E-state index in [2.05, 4.69) is 41.1 Å². The van der Waals surface area contributed by atoms with E-state index in [1.54, 1.807) is 0 Å². The fraction of sp³-hybridized carbons (Fsp3) is 0.500. The van der Waals surface area contributed by atoms with Gasteiger partial charge in [0.15, 0.2) is 0 Å². The molecule has 0 aromatic carbocycles. The molecule has 1 heterocycles. The zero-order valence-electron chi connectivity index (χ0n) is 6.46. The summed E-state index contributed by atoms with van der Waals surface area (Å²) in [5.41, 5.74) is 0. The predicted molar refractivity (Wildman–Crippen MR) is 41.9 cm³/mol. The second-order valence-electron chi connectivity index (χ2n) is 2.37. The predicted octanol–water partition coefficient (Wildman–Crippen LogP) is 0.686. The Balaban J connectivity index is 2.30. The molecule has 0 aromatic rings. The van der Waals surface area contributed by atoms with Gasteiger partial charge in [0.05, 0.1) is 13.2 Å². The average Bonchev–Trinajstić information content (AvgIpc) is 2.31. The largest absolute Gasteiger partial charge is 0.362 e. The van der Waals surface area contributed by atoms with Gasteiger partial charge >= 0.3 is 0 Å². The summed E-state index contributed by atoms with van der Waals surface area (Å²) in [6.07, 6.45) is 4.11. The molecule has 0 fully saturated rings. The van der Waals surface area contributed by atoms with Crippen LogP contribution in [0.25, 0.3) is 0 Å². The summed E-state index contributed by atoms with van der Waals surface area (Å²) < 4.78 is 0. The lowest BCUT2D eigenvalue weighted by atomic mass is 10.5. The zero-order valence-corrected chi connectivity index (χ0v) is 6.46. The van der Waals surface area contributed by atoms with E-state index in [9.17, 15) is 0 Å². The van der Waals surface area contributed by atoms with Crippen LogP contribution >= 0.6 is 0 Å². The molecular formula is C8H12N2. The molecule has 0 aromatic heterocycles. The first-order valence-corrected chi connectivity index (χ1v) is 3.35. The zero-order chi connectivity index (χ0) is 7.40. The first-order valence-electron chi connectivity index (χ1n) is 3.35. The number of hydrogen-bond donors (Lipinski definition) is 0. The first-order chi connectivity index (χ1) is 4.83. The van der Waals surface area contributed by atoms with Crippen molar-refractivity contribution >= 4 is 0 Å². The molecule has 0 saturated carbocycles. The third kappa shape index (κ3) is 1.70. The highest BCUT2D eigenvalue weighted by molar-refractivity contribution is 5.01. The summed E-state index contributed by atoms with van der Waals surface area (Å²) in [7, 11) is 2.05. The van der Waals surface area contributed by atoms with E-state index in [4.69, 9.17) is 0 Å². The molecule has 1 aliphatic rings. The maximum absolute atomic E-state index is 3.01. The molecule has 2 heteroatoms. The molecule has 1 aliphatic heterocycles. The Hall–Kier alpha value is -1.10. The van der Waals surface area contributed by atoms with E-state index in [1.807, 2.05) is 6.92 Å². The standard InChI is InChI=1S/C8H12N2/c1-3-4-5-10-7-6-9(2)8-10/h6-7H,5,8H2,1-2H3. The van der Waals surface area contributed by atoms with Crippen molar-refractivity contribution in [1.82, 2.24) is 9.80 Å². The molecule has 0 aliphatic carbocycles. The van der Waals surface area contributed by atoms with Crippen LogP contribution in [0.3, 0.4) is 0 Å². The van der Waals surface area contributed by atoms with Crippen molar-refractivity contribution in [2.75, 3.05) is 20.3 Å². The first kappa shape index (κ1) is 7.01. The van der Waals surface area contributed by atoms with Gasteiger partial charge in [0.2, 0.25) is 0 Å². The number of nitrogens with zero attached hydrogens (tertiary/aromatic N) is 2. The van der Waals surface area contributed by atoms with Crippen molar-refractivity contribution in [3.05, 3.63) is 12.4 Å². The summed E-state index contributed by atoms with van der Waals surface area (Å²) >= 11 is 0. The fourth-order valence-electron chi connectivity index (χ4n) is 0.872. The van der Waals surface area contributed by atoms with Crippen LogP contribution in [-0.2, 0) is 0 Å². The molecule has 2 nitrogen and oxygen atoms in total. The van der Waals surface area contributed by atoms with Crippen molar-refractivity contribution in [2.45, 2.75) is 6.92 Å². The lowest BCUT2D eigenvalue weighted by Gasteiger charge is -2.14. The molecule has 10 heavy (non-hydrogen) atoms. The van der Waals surface area contributed by atoms with E-state index in [1.165, 1.54) is 0 Å². The van der Waals surface area contributed by atoms with Gasteiger partial charge in [0.1, 0.15) is 0 Å². The second-order valence-corrected chi connectivity index (χ2v) is 2.37. The Labute approximate surface area is 62.1 Å². The van der Waals surface area contributed by atoms with Gasteiger partial charge in [-0.05, 0) is 6.92 Å². The van der Waals surface area contributed by atoms with Gasteiger partial charge in [-0.15, -0.1) is 5.92 Å². The van der Waals surface area contributed by atoms with Crippen molar-refractivity contribution in [3.63, 3.8) is 0 Å². The average molecular weight is 136 g/mol. The van der Waals surface area contributed by atoms with Crippen molar-refractivity contribution in [2.24, 2.45) is 0 Å². The van der Waals surface area contributed by atoms with Gasteiger partial charge in [-0.1, -0.05) is 5.92 Å². The van der Waals surface area contributed by atoms with Gasteiger partial charge in [-0.2, -0.15) is 0 Å². The third-order valence-electron chi connectivity index (χ3n) is 1.40. The van der Waals surface area contributed by atoms with Gasteiger partial charge in [0, 0.05) is 19.4 Å². The molecule has 54 valence electrons. The molecule has 0 N–H and O–H groups in total. The summed E-state index contributed by atoms with van der Waals surface area (Å²) in [5.74, 6) is 5.87. The Morgan fingerprint density at radius 2 is 2.30 bits per heavy atom. The van der Waals surface area contributed by atoms with Gasteiger partial charge in [-0.25, -0.2) is 0 Å². The minimum Gasteiger partial charge on any atom is -0.362 e. The Morgan fingerprint density at radius 1 is 1.50 bits per heavy atom. The maximum atomic E-state index is 3.01. The lowest BCUT2D eigenvalue weighted by molar-refractivity contribution is 0.321. The summed E-state index contributed by atoms with van der Waals surface area (Å²) in [5, 5.41) is 0. The Bertz CT molecular complexity index is 185. The normalized spacial score (nSPS) is 15.4. The lowest BCUT2D eigenvalue weighted by Crippen LogP contribution is -2.22. The molecule has 0 bridgehead atoms. The molecule has 1 rings (SSSR count). The molecule has 0 unspecified atom stereocenters. The maximum Gasteiger partial charge on any atom is 0.0899 e. The van der Waals surface area contributed by atoms with E-state index < -0.39 is 0 Å². The van der Waals surface area contributed by atoms with Crippen LogP contribution in [0.5, 0.6) is 0 Å². The minimum absolute atomic E-state index is 0.845. The SMILES string of the molecule is CC#CCN1C=CN(C)C1. The van der Waals surface area contributed by atoms with Gasteiger partial charge < -0.3 is 9.80 Å². The van der Waals surface area contributed by atoms with E-state index in [-0.39, 0.29) is 0 Å². The topological polar surface area (TPSA) is 6.48 Å². The highest BCUT2D eigenvalue weighted by Crippen LogP contribution is 2.01. The molecule has 0 radical (unpaired) electrons. The van der Waals surface area contributed by atoms with Crippen LogP contribution in [0.4, 0.5) is 0 Å². The number of rotatable bonds is 1. The van der Waals surface area contributed by atoms with Crippen molar-refractivity contribution in [3.8, 4) is 11.8 Å². The van der Waals surface area contributed by atoms with Crippen LogP contribution in [0.2, 0.25) is 0 Å². The molecular weight excluding hydrogens is 124 g/mol. The third-order valence-corrected chi connectivity index (χ3v) is 1.40. The fourth-order valence-corrected chi connectivity index (χ4v) is 0.872. The van der Waals surface area contributed by atoms with E-state index >= 15 is 0 Å². The Kier molecular flexibility index (Phi) is 2.22. The monoisotopic (exact) mass is 136 g/mol.